The first kappa shape index (κ1) is 14.0. The molecule has 1 atom stereocenters. The van der Waals surface area contributed by atoms with Gasteiger partial charge in [0.05, 0.1) is 20.1 Å². The number of alkyl halides is 1. The Morgan fingerprint density at radius 1 is 1.35 bits per heavy atom. The number of methoxy groups -OCH3 is 1. The topological polar surface area (TPSA) is 35.5 Å². The largest absolute Gasteiger partial charge is 0.497 e. The second kappa shape index (κ2) is 7.33. The van der Waals surface area contributed by atoms with Crippen molar-refractivity contribution in [2.24, 2.45) is 0 Å². The summed E-state index contributed by atoms with van der Waals surface area (Å²) in [5.74, 6) is 0.674. The molecule has 0 heterocycles. The molecule has 0 radical (unpaired) electrons. The minimum atomic E-state index is -0.164. The smallest absolute Gasteiger partial charge is 0.306 e. The molecule has 0 saturated carbocycles. The molecule has 0 amide bonds. The number of rotatable bonds is 6. The molecule has 0 fully saturated rings. The van der Waals surface area contributed by atoms with Gasteiger partial charge in [0.25, 0.3) is 0 Å². The monoisotopic (exact) mass is 300 g/mol. The Morgan fingerprint density at radius 3 is 2.53 bits per heavy atom. The molecular weight excluding hydrogens is 284 g/mol. The molecule has 4 heteroatoms. The maximum absolute atomic E-state index is 11.3. The fourth-order valence-corrected chi connectivity index (χ4v) is 2.13. The van der Waals surface area contributed by atoms with Crippen LogP contribution in [0, 0.1) is 0 Å². The molecule has 17 heavy (non-hydrogen) atoms. The summed E-state index contributed by atoms with van der Waals surface area (Å²) in [6.45, 7) is 2.24. The summed E-state index contributed by atoms with van der Waals surface area (Å²) < 4.78 is 9.98. The first-order chi connectivity index (χ1) is 8.15. The molecule has 0 bridgehead atoms. The predicted molar refractivity (Wildman–Crippen MR) is 70.7 cm³/mol. The highest BCUT2D eigenvalue weighted by atomic mass is 79.9. The van der Waals surface area contributed by atoms with Crippen molar-refractivity contribution in [2.45, 2.75) is 24.6 Å². The van der Waals surface area contributed by atoms with E-state index in [1.54, 1.807) is 7.11 Å². The average molecular weight is 301 g/mol. The molecule has 0 N–H and O–H groups in total. The molecule has 0 saturated heterocycles. The van der Waals surface area contributed by atoms with Crippen LogP contribution in [0.1, 0.15) is 18.9 Å². The zero-order chi connectivity index (χ0) is 12.7. The van der Waals surface area contributed by atoms with E-state index in [0.29, 0.717) is 13.0 Å². The van der Waals surface area contributed by atoms with Gasteiger partial charge < -0.3 is 9.47 Å². The molecule has 1 aromatic carbocycles. The van der Waals surface area contributed by atoms with Gasteiger partial charge in [-0.15, -0.1) is 0 Å². The van der Waals surface area contributed by atoms with Crippen LogP contribution in [0.3, 0.4) is 0 Å². The van der Waals surface area contributed by atoms with Crippen molar-refractivity contribution in [1.82, 2.24) is 0 Å². The van der Waals surface area contributed by atoms with Crippen molar-refractivity contribution < 1.29 is 14.3 Å². The molecule has 0 aliphatic carbocycles. The van der Waals surface area contributed by atoms with E-state index in [1.807, 2.05) is 31.2 Å². The second-order valence-electron chi connectivity index (χ2n) is 3.66. The Bertz CT molecular complexity index is 348. The Balaban J connectivity index is 2.44. The summed E-state index contributed by atoms with van der Waals surface area (Å²) in [5.41, 5.74) is 1.16. The van der Waals surface area contributed by atoms with Crippen molar-refractivity contribution >= 4 is 21.9 Å². The van der Waals surface area contributed by atoms with Gasteiger partial charge in [-0.3, -0.25) is 4.79 Å². The minimum absolute atomic E-state index is 0.106. The van der Waals surface area contributed by atoms with Gasteiger partial charge in [0, 0.05) is 4.83 Å². The molecule has 1 unspecified atom stereocenters. The van der Waals surface area contributed by atoms with Crippen molar-refractivity contribution in [3.05, 3.63) is 29.8 Å². The van der Waals surface area contributed by atoms with Crippen molar-refractivity contribution in [3.8, 4) is 5.75 Å². The van der Waals surface area contributed by atoms with Crippen LogP contribution in [0.5, 0.6) is 5.75 Å². The summed E-state index contributed by atoms with van der Waals surface area (Å²) in [5, 5.41) is 0. The number of carbonyl (C=O) groups is 1. The predicted octanol–water partition coefficient (Wildman–Crippen LogP) is 2.95. The Kier molecular flexibility index (Phi) is 6.05. The van der Waals surface area contributed by atoms with E-state index in [-0.39, 0.29) is 10.8 Å². The SMILES string of the molecule is CCOC(=O)CC(Br)Cc1ccc(OC)cc1. The Hall–Kier alpha value is -1.03. The summed E-state index contributed by atoms with van der Waals surface area (Å²) in [6, 6.07) is 7.83. The Labute approximate surface area is 110 Å². The van der Waals surface area contributed by atoms with Crippen LogP contribution in [-0.2, 0) is 16.0 Å². The van der Waals surface area contributed by atoms with E-state index in [9.17, 15) is 4.79 Å². The maximum atomic E-state index is 11.3. The molecule has 0 spiro atoms. The number of halogens is 1. The number of ether oxygens (including phenoxy) is 2. The van der Waals surface area contributed by atoms with Crippen molar-refractivity contribution in [2.75, 3.05) is 13.7 Å². The highest BCUT2D eigenvalue weighted by molar-refractivity contribution is 9.09. The van der Waals surface area contributed by atoms with Gasteiger partial charge in [0.1, 0.15) is 5.75 Å². The van der Waals surface area contributed by atoms with Gasteiger partial charge >= 0.3 is 5.97 Å². The van der Waals surface area contributed by atoms with Crippen LogP contribution >= 0.6 is 15.9 Å². The van der Waals surface area contributed by atoms with Crippen LogP contribution < -0.4 is 4.74 Å². The van der Waals surface area contributed by atoms with E-state index < -0.39 is 0 Å². The lowest BCUT2D eigenvalue weighted by molar-refractivity contribution is -0.143. The van der Waals surface area contributed by atoms with Crippen LogP contribution in [0.2, 0.25) is 0 Å². The second-order valence-corrected chi connectivity index (χ2v) is 4.95. The van der Waals surface area contributed by atoms with Gasteiger partial charge in [0.15, 0.2) is 0 Å². The highest BCUT2D eigenvalue weighted by Gasteiger charge is 2.12. The van der Waals surface area contributed by atoms with E-state index in [1.165, 1.54) is 0 Å². The van der Waals surface area contributed by atoms with Gasteiger partial charge in [0.2, 0.25) is 0 Å². The molecular formula is C13H17BrO3. The third kappa shape index (κ3) is 5.22. The first-order valence-corrected chi connectivity index (χ1v) is 6.50. The lowest BCUT2D eigenvalue weighted by atomic mass is 10.1. The molecule has 0 aliphatic rings. The van der Waals surface area contributed by atoms with Crippen LogP contribution in [0.25, 0.3) is 0 Å². The van der Waals surface area contributed by atoms with Gasteiger partial charge in [-0.1, -0.05) is 28.1 Å². The van der Waals surface area contributed by atoms with Gasteiger partial charge in [-0.2, -0.15) is 0 Å². The fraction of sp³-hybridized carbons (Fsp3) is 0.462. The average Bonchev–Trinajstić information content (AvgIpc) is 2.30. The van der Waals surface area contributed by atoms with E-state index in [4.69, 9.17) is 9.47 Å². The number of esters is 1. The third-order valence-electron chi connectivity index (χ3n) is 2.31. The van der Waals surface area contributed by atoms with E-state index >= 15 is 0 Å². The quantitative estimate of drug-likeness (QED) is 0.598. The fourth-order valence-electron chi connectivity index (χ4n) is 1.49. The third-order valence-corrected chi connectivity index (χ3v) is 2.96. The molecule has 1 aromatic rings. The molecule has 0 aliphatic heterocycles. The van der Waals surface area contributed by atoms with E-state index in [2.05, 4.69) is 15.9 Å². The number of carbonyl (C=O) groups excluding carboxylic acids is 1. The maximum Gasteiger partial charge on any atom is 0.306 e. The zero-order valence-corrected chi connectivity index (χ0v) is 11.7. The number of hydrogen-bond acceptors (Lipinski definition) is 3. The van der Waals surface area contributed by atoms with Crippen molar-refractivity contribution in [1.29, 1.82) is 0 Å². The highest BCUT2D eigenvalue weighted by Crippen LogP contribution is 2.17. The first-order valence-electron chi connectivity index (χ1n) is 5.58. The number of benzene rings is 1. The van der Waals surface area contributed by atoms with Crippen molar-refractivity contribution in [3.63, 3.8) is 0 Å². The summed E-state index contributed by atoms with van der Waals surface area (Å²) in [6.07, 6.45) is 1.18. The number of hydrogen-bond donors (Lipinski definition) is 0. The summed E-state index contributed by atoms with van der Waals surface area (Å²) in [4.78, 5) is 11.4. The molecule has 0 aromatic heterocycles. The summed E-state index contributed by atoms with van der Waals surface area (Å²) in [7, 11) is 1.64. The summed E-state index contributed by atoms with van der Waals surface area (Å²) >= 11 is 3.49. The molecule has 3 nitrogen and oxygen atoms in total. The molecule has 94 valence electrons. The standard InChI is InChI=1S/C13H17BrO3/c1-3-17-13(15)9-11(14)8-10-4-6-12(16-2)7-5-10/h4-7,11H,3,8-9H2,1-2H3. The Morgan fingerprint density at radius 2 is 2.00 bits per heavy atom. The van der Waals surface area contributed by atoms with Gasteiger partial charge in [-0.25, -0.2) is 0 Å². The molecule has 1 rings (SSSR count). The minimum Gasteiger partial charge on any atom is -0.497 e. The van der Waals surface area contributed by atoms with Crippen LogP contribution in [0.15, 0.2) is 24.3 Å². The van der Waals surface area contributed by atoms with Crippen LogP contribution in [-0.4, -0.2) is 24.5 Å². The zero-order valence-electron chi connectivity index (χ0n) is 10.1. The van der Waals surface area contributed by atoms with E-state index in [0.717, 1.165) is 17.7 Å². The lowest BCUT2D eigenvalue weighted by Gasteiger charge is -2.09. The van der Waals surface area contributed by atoms with Gasteiger partial charge in [-0.05, 0) is 31.0 Å². The normalized spacial score (nSPS) is 11.9. The lowest BCUT2D eigenvalue weighted by Crippen LogP contribution is -2.13. The van der Waals surface area contributed by atoms with Crippen LogP contribution in [0.4, 0.5) is 0 Å².